The van der Waals surface area contributed by atoms with Gasteiger partial charge >= 0.3 is 0 Å². The van der Waals surface area contributed by atoms with Gasteiger partial charge in [-0.15, -0.1) is 24.0 Å². The Balaban J connectivity index is 0.00000529. The summed E-state index contributed by atoms with van der Waals surface area (Å²) in [6, 6.07) is 6.72. The summed E-state index contributed by atoms with van der Waals surface area (Å²) < 4.78 is 13.6. The zero-order valence-electron chi connectivity index (χ0n) is 14.8. The first kappa shape index (κ1) is 22.6. The Morgan fingerprint density at radius 3 is 2.50 bits per heavy atom. The van der Waals surface area contributed by atoms with Crippen LogP contribution in [0.1, 0.15) is 19.4 Å². The van der Waals surface area contributed by atoms with E-state index < -0.39 is 0 Å². The zero-order chi connectivity index (χ0) is 17.2. The molecule has 0 aliphatic carbocycles. The van der Waals surface area contributed by atoms with Gasteiger partial charge in [-0.05, 0) is 24.0 Å². The Morgan fingerprint density at radius 1 is 1.25 bits per heavy atom. The summed E-state index contributed by atoms with van der Waals surface area (Å²) in [6.07, 6.45) is 0.552. The molecule has 0 aliphatic rings. The number of hydrogen-bond donors (Lipinski definition) is 2. The fourth-order valence-electron chi connectivity index (χ4n) is 1.78. The van der Waals surface area contributed by atoms with Crippen LogP contribution in [0.25, 0.3) is 0 Å². The maximum atomic E-state index is 13.6. The molecule has 1 aromatic carbocycles. The first-order valence-electron chi connectivity index (χ1n) is 7.86. The van der Waals surface area contributed by atoms with Crippen LogP contribution in [0.2, 0.25) is 0 Å². The van der Waals surface area contributed by atoms with E-state index in [0.29, 0.717) is 30.4 Å². The molecule has 0 aromatic heterocycles. The molecule has 0 atom stereocenters. The summed E-state index contributed by atoms with van der Waals surface area (Å²) >= 11 is 0. The van der Waals surface area contributed by atoms with Crippen molar-refractivity contribution in [2.45, 2.75) is 20.3 Å². The number of hydrogen-bond acceptors (Lipinski definition) is 2. The number of guanidine groups is 1. The van der Waals surface area contributed by atoms with E-state index in [1.807, 2.05) is 6.07 Å². The number of benzene rings is 1. The summed E-state index contributed by atoms with van der Waals surface area (Å²) in [7, 11) is 3.40. The van der Waals surface area contributed by atoms with Crippen molar-refractivity contribution in [3.05, 3.63) is 35.6 Å². The minimum atomic E-state index is -0.203. The molecular weight excluding hydrogens is 422 g/mol. The smallest absolute Gasteiger partial charge is 0.243 e. The Kier molecular flexibility index (Phi) is 11.4. The van der Waals surface area contributed by atoms with E-state index in [-0.39, 0.29) is 42.2 Å². The molecule has 0 aliphatic heterocycles. The molecule has 5 nitrogen and oxygen atoms in total. The molecule has 0 heterocycles. The van der Waals surface area contributed by atoms with E-state index in [1.54, 1.807) is 26.2 Å². The van der Waals surface area contributed by atoms with Crippen LogP contribution in [-0.4, -0.2) is 50.5 Å². The van der Waals surface area contributed by atoms with Gasteiger partial charge in [-0.25, -0.2) is 9.38 Å². The monoisotopic (exact) mass is 450 g/mol. The first-order valence-corrected chi connectivity index (χ1v) is 7.86. The molecule has 0 saturated heterocycles. The van der Waals surface area contributed by atoms with E-state index in [2.05, 4.69) is 29.5 Å². The van der Waals surface area contributed by atoms with Gasteiger partial charge in [0.25, 0.3) is 0 Å². The van der Waals surface area contributed by atoms with E-state index >= 15 is 0 Å². The molecule has 1 aromatic rings. The third kappa shape index (κ3) is 9.05. The molecule has 0 fully saturated rings. The van der Waals surface area contributed by atoms with E-state index in [1.165, 1.54) is 11.0 Å². The topological polar surface area (TPSA) is 56.7 Å². The highest BCUT2D eigenvalue weighted by molar-refractivity contribution is 14.0. The second kappa shape index (κ2) is 12.0. The molecule has 1 amide bonds. The lowest BCUT2D eigenvalue weighted by Crippen LogP contribution is -2.41. The van der Waals surface area contributed by atoms with E-state index in [9.17, 15) is 9.18 Å². The van der Waals surface area contributed by atoms with Crippen molar-refractivity contribution in [1.82, 2.24) is 15.5 Å². The number of carbonyl (C=O) groups is 1. The zero-order valence-corrected chi connectivity index (χ0v) is 17.1. The van der Waals surface area contributed by atoms with Crippen molar-refractivity contribution in [1.29, 1.82) is 0 Å². The highest BCUT2D eigenvalue weighted by Gasteiger charge is 2.06. The lowest BCUT2D eigenvalue weighted by molar-refractivity contribution is -0.127. The van der Waals surface area contributed by atoms with Crippen LogP contribution in [0.5, 0.6) is 0 Å². The maximum absolute atomic E-state index is 13.6. The number of amides is 1. The van der Waals surface area contributed by atoms with Crippen LogP contribution in [0.3, 0.4) is 0 Å². The van der Waals surface area contributed by atoms with E-state index in [4.69, 9.17) is 0 Å². The maximum Gasteiger partial charge on any atom is 0.243 e. The molecule has 1 rings (SSSR count). The van der Waals surface area contributed by atoms with Crippen LogP contribution in [0, 0.1) is 11.7 Å². The number of halogens is 2. The number of aliphatic imine (C=N–C) groups is 1. The van der Waals surface area contributed by atoms with Gasteiger partial charge in [0.1, 0.15) is 12.4 Å². The summed E-state index contributed by atoms with van der Waals surface area (Å²) in [5.74, 6) is 0.763. The number of rotatable bonds is 7. The molecule has 2 N–H and O–H groups in total. The third-order valence-corrected chi connectivity index (χ3v) is 3.19. The van der Waals surface area contributed by atoms with Crippen LogP contribution in [0.4, 0.5) is 4.39 Å². The van der Waals surface area contributed by atoms with Gasteiger partial charge in [-0.1, -0.05) is 32.0 Å². The molecular formula is C17H28FIN4O. The normalized spacial score (nSPS) is 11.0. The quantitative estimate of drug-likeness (QED) is 0.381. The van der Waals surface area contributed by atoms with Gasteiger partial charge in [0.15, 0.2) is 5.96 Å². The molecule has 0 unspecified atom stereocenters. The van der Waals surface area contributed by atoms with Crippen molar-refractivity contribution in [3.63, 3.8) is 0 Å². The molecule has 0 saturated carbocycles. The summed E-state index contributed by atoms with van der Waals surface area (Å²) in [5, 5.41) is 6.34. The molecule has 136 valence electrons. The largest absolute Gasteiger partial charge is 0.356 e. The second-order valence-electron chi connectivity index (χ2n) is 6.00. The van der Waals surface area contributed by atoms with Gasteiger partial charge in [0, 0.05) is 27.2 Å². The van der Waals surface area contributed by atoms with Crippen LogP contribution < -0.4 is 10.6 Å². The van der Waals surface area contributed by atoms with Crippen molar-refractivity contribution >= 4 is 35.8 Å². The predicted octanol–water partition coefficient (Wildman–Crippen LogP) is 2.27. The third-order valence-electron chi connectivity index (χ3n) is 3.19. The fraction of sp³-hybridized carbons (Fsp3) is 0.529. The lowest BCUT2D eigenvalue weighted by atomic mass is 10.1. The highest BCUT2D eigenvalue weighted by atomic mass is 127. The molecule has 7 heteroatoms. The Morgan fingerprint density at radius 2 is 1.92 bits per heavy atom. The van der Waals surface area contributed by atoms with Gasteiger partial charge in [-0.3, -0.25) is 4.79 Å². The van der Waals surface area contributed by atoms with Crippen molar-refractivity contribution in [2.75, 3.05) is 33.7 Å². The average Bonchev–Trinajstić information content (AvgIpc) is 2.50. The number of carbonyl (C=O) groups excluding carboxylic acids is 1. The number of nitrogens with one attached hydrogen (secondary N) is 2. The summed E-state index contributed by atoms with van der Waals surface area (Å²) in [6.45, 7) is 5.56. The van der Waals surface area contributed by atoms with Gasteiger partial charge in [0.05, 0.1) is 0 Å². The Labute approximate surface area is 161 Å². The van der Waals surface area contributed by atoms with Crippen LogP contribution in [0.15, 0.2) is 29.3 Å². The highest BCUT2D eigenvalue weighted by Crippen LogP contribution is 2.06. The Hall–Kier alpha value is -1.38. The van der Waals surface area contributed by atoms with Gasteiger partial charge in [-0.2, -0.15) is 0 Å². The molecule has 24 heavy (non-hydrogen) atoms. The predicted molar refractivity (Wildman–Crippen MR) is 107 cm³/mol. The van der Waals surface area contributed by atoms with Gasteiger partial charge < -0.3 is 15.5 Å². The number of likely N-dealkylation sites (N-methyl/N-ethyl adjacent to an activating group) is 1. The summed E-state index contributed by atoms with van der Waals surface area (Å²) in [4.78, 5) is 17.4. The van der Waals surface area contributed by atoms with Gasteiger partial charge in [0.2, 0.25) is 5.91 Å². The van der Waals surface area contributed by atoms with Crippen molar-refractivity contribution < 1.29 is 9.18 Å². The molecule has 0 bridgehead atoms. The van der Waals surface area contributed by atoms with Crippen LogP contribution >= 0.6 is 24.0 Å². The van der Waals surface area contributed by atoms with E-state index in [0.717, 1.165) is 6.54 Å². The van der Waals surface area contributed by atoms with Crippen LogP contribution in [-0.2, 0) is 11.2 Å². The summed E-state index contributed by atoms with van der Waals surface area (Å²) in [5.41, 5.74) is 0.660. The Bertz CT molecular complexity index is 535. The van der Waals surface area contributed by atoms with Crippen molar-refractivity contribution in [2.24, 2.45) is 10.9 Å². The SMILES string of the molecule is CC(C)CNC(=NCC(=O)N(C)C)NCCc1ccccc1F.I. The second-order valence-corrected chi connectivity index (χ2v) is 6.00. The van der Waals surface area contributed by atoms with Crippen molar-refractivity contribution in [3.8, 4) is 0 Å². The average molecular weight is 450 g/mol. The molecule has 0 spiro atoms. The lowest BCUT2D eigenvalue weighted by Gasteiger charge is -2.15. The standard InChI is InChI=1S/C17H27FN4O.HI/c1-13(2)11-20-17(21-12-16(23)22(3)4)19-10-9-14-7-5-6-8-15(14)18;/h5-8,13H,9-12H2,1-4H3,(H2,19,20,21);1H. The minimum absolute atomic E-state index is 0. The fourth-order valence-corrected chi connectivity index (χ4v) is 1.78. The first-order chi connectivity index (χ1) is 10.9. The number of nitrogens with zero attached hydrogens (tertiary/aromatic N) is 2. The minimum Gasteiger partial charge on any atom is -0.356 e. The molecule has 0 radical (unpaired) electrons.